The van der Waals surface area contributed by atoms with Gasteiger partial charge in [-0.3, -0.25) is 13.9 Å². The number of sulfonamides is 1. The van der Waals surface area contributed by atoms with E-state index in [1.165, 1.54) is 36.3 Å². The van der Waals surface area contributed by atoms with E-state index in [0.29, 0.717) is 12.2 Å². The number of rotatable bonds is 13. The molecule has 0 heterocycles. The van der Waals surface area contributed by atoms with Crippen molar-refractivity contribution in [2.45, 2.75) is 64.1 Å². The highest BCUT2D eigenvalue weighted by Crippen LogP contribution is 2.32. The van der Waals surface area contributed by atoms with E-state index in [9.17, 15) is 18.0 Å². The highest BCUT2D eigenvalue weighted by molar-refractivity contribution is 7.92. The normalized spacial score (nSPS) is 12.7. The number of hydrogen-bond donors (Lipinski definition) is 1. The summed E-state index contributed by atoms with van der Waals surface area (Å²) in [6, 6.07) is 19.2. The Labute approximate surface area is 248 Å². The maximum Gasteiger partial charge on any atom is 0.264 e. The minimum absolute atomic E-state index is 0.0198. The summed E-state index contributed by atoms with van der Waals surface area (Å²) in [5.41, 5.74) is 2.08. The summed E-state index contributed by atoms with van der Waals surface area (Å²) < 4.78 is 34.1. The largest absolute Gasteiger partial charge is 0.495 e. The standard InChI is InChI=1S/C31H38ClN3O5S/c1-6-23(4)33-31(37)28(7-2)34(20-24-15-13-22(3)14-16-24)30(36)21-35(25-17-18-29(40-5)27(32)19-25)41(38,39)26-11-9-8-10-12-26/h8-19,23,28H,6-7,20-21H2,1-5H3,(H,33,37)/t23-,28-/m0/s1. The molecule has 1 N–H and O–H groups in total. The Bertz CT molecular complexity index is 1430. The highest BCUT2D eigenvalue weighted by atomic mass is 35.5. The summed E-state index contributed by atoms with van der Waals surface area (Å²) in [5, 5.41) is 3.17. The van der Waals surface area contributed by atoms with E-state index in [1.807, 2.05) is 52.0 Å². The zero-order chi connectivity index (χ0) is 30.2. The first-order valence-corrected chi connectivity index (χ1v) is 15.4. The van der Waals surface area contributed by atoms with E-state index in [2.05, 4.69) is 5.32 Å². The number of hydrogen-bond acceptors (Lipinski definition) is 5. The van der Waals surface area contributed by atoms with Crippen LogP contribution in [0.4, 0.5) is 5.69 Å². The van der Waals surface area contributed by atoms with Crippen molar-refractivity contribution in [3.8, 4) is 5.75 Å². The van der Waals surface area contributed by atoms with E-state index >= 15 is 0 Å². The molecule has 2 atom stereocenters. The predicted molar refractivity (Wildman–Crippen MR) is 163 cm³/mol. The molecule has 0 bridgehead atoms. The molecule has 0 saturated carbocycles. The smallest absolute Gasteiger partial charge is 0.264 e. The molecule has 0 radical (unpaired) electrons. The number of nitrogens with one attached hydrogen (secondary N) is 1. The number of methoxy groups -OCH3 is 1. The van der Waals surface area contributed by atoms with Crippen molar-refractivity contribution in [2.24, 2.45) is 0 Å². The van der Waals surface area contributed by atoms with Gasteiger partial charge in [-0.05, 0) is 62.6 Å². The number of ether oxygens (including phenoxy) is 1. The molecular formula is C31H38ClN3O5S. The van der Waals surface area contributed by atoms with Crippen molar-refractivity contribution in [1.82, 2.24) is 10.2 Å². The lowest BCUT2D eigenvalue weighted by atomic mass is 10.1. The molecule has 0 saturated heterocycles. The Balaban J connectivity index is 2.08. The first-order valence-electron chi connectivity index (χ1n) is 13.6. The molecule has 0 unspecified atom stereocenters. The van der Waals surface area contributed by atoms with Gasteiger partial charge < -0.3 is 15.0 Å². The average Bonchev–Trinajstić information content (AvgIpc) is 2.96. The monoisotopic (exact) mass is 599 g/mol. The molecule has 0 aliphatic rings. The van der Waals surface area contributed by atoms with Crippen LogP contribution in [-0.2, 0) is 26.2 Å². The third-order valence-electron chi connectivity index (χ3n) is 6.89. The van der Waals surface area contributed by atoms with E-state index in [-0.39, 0.29) is 34.1 Å². The number of nitrogens with zero attached hydrogens (tertiary/aromatic N) is 2. The van der Waals surface area contributed by atoms with Gasteiger partial charge in [-0.25, -0.2) is 8.42 Å². The van der Waals surface area contributed by atoms with Gasteiger partial charge >= 0.3 is 0 Å². The zero-order valence-electron chi connectivity index (χ0n) is 24.1. The summed E-state index contributed by atoms with van der Waals surface area (Å²) in [6.07, 6.45) is 1.08. The minimum Gasteiger partial charge on any atom is -0.495 e. The summed E-state index contributed by atoms with van der Waals surface area (Å²) >= 11 is 6.37. The van der Waals surface area contributed by atoms with Crippen molar-refractivity contribution in [3.05, 3.63) is 88.9 Å². The quantitative estimate of drug-likeness (QED) is 0.277. The molecule has 2 amide bonds. The Morgan fingerprint density at radius 1 is 0.976 bits per heavy atom. The SMILES string of the molecule is CC[C@H](C)NC(=O)[C@H](CC)N(Cc1ccc(C)cc1)C(=O)CN(c1ccc(OC)c(Cl)c1)S(=O)(=O)c1ccccc1. The van der Waals surface area contributed by atoms with Crippen molar-refractivity contribution in [3.63, 3.8) is 0 Å². The Morgan fingerprint density at radius 3 is 2.20 bits per heavy atom. The topological polar surface area (TPSA) is 96.0 Å². The maximum absolute atomic E-state index is 14.1. The van der Waals surface area contributed by atoms with Gasteiger partial charge in [0.2, 0.25) is 11.8 Å². The van der Waals surface area contributed by atoms with Crippen LogP contribution in [0.15, 0.2) is 77.7 Å². The number of carbonyl (C=O) groups excluding carboxylic acids is 2. The van der Waals surface area contributed by atoms with Crippen LogP contribution in [0, 0.1) is 6.92 Å². The molecule has 220 valence electrons. The lowest BCUT2D eigenvalue weighted by Crippen LogP contribution is -2.53. The maximum atomic E-state index is 14.1. The fourth-order valence-corrected chi connectivity index (χ4v) is 5.99. The zero-order valence-corrected chi connectivity index (χ0v) is 25.7. The summed E-state index contributed by atoms with van der Waals surface area (Å²) in [7, 11) is -2.73. The van der Waals surface area contributed by atoms with Crippen molar-refractivity contribution in [2.75, 3.05) is 18.0 Å². The molecule has 10 heteroatoms. The molecule has 3 aromatic rings. The highest BCUT2D eigenvalue weighted by Gasteiger charge is 2.34. The van der Waals surface area contributed by atoms with Crippen LogP contribution >= 0.6 is 11.6 Å². The summed E-state index contributed by atoms with van der Waals surface area (Å²) in [6.45, 7) is 7.25. The molecule has 41 heavy (non-hydrogen) atoms. The second kappa shape index (κ2) is 14.4. The van der Waals surface area contributed by atoms with Crippen LogP contribution in [0.2, 0.25) is 5.02 Å². The van der Waals surface area contributed by atoms with Gasteiger partial charge in [-0.15, -0.1) is 0 Å². The van der Waals surface area contributed by atoms with Gasteiger partial charge in [0, 0.05) is 12.6 Å². The number of amides is 2. The number of halogens is 1. The van der Waals surface area contributed by atoms with Gasteiger partial charge in [0.25, 0.3) is 10.0 Å². The Morgan fingerprint density at radius 2 is 1.63 bits per heavy atom. The number of benzene rings is 3. The Hall–Kier alpha value is -3.56. The first-order chi connectivity index (χ1) is 19.5. The van der Waals surface area contributed by atoms with E-state index in [4.69, 9.17) is 16.3 Å². The van der Waals surface area contributed by atoms with Gasteiger partial charge in [0.1, 0.15) is 18.3 Å². The summed E-state index contributed by atoms with van der Waals surface area (Å²) in [4.78, 5) is 29.0. The van der Waals surface area contributed by atoms with Gasteiger partial charge in [0.15, 0.2) is 0 Å². The van der Waals surface area contributed by atoms with Gasteiger partial charge in [-0.2, -0.15) is 0 Å². The predicted octanol–water partition coefficient (Wildman–Crippen LogP) is 5.57. The van der Waals surface area contributed by atoms with Crippen LogP contribution in [0.3, 0.4) is 0 Å². The molecule has 8 nitrogen and oxygen atoms in total. The molecule has 3 aromatic carbocycles. The molecule has 3 rings (SSSR count). The van der Waals surface area contributed by atoms with E-state index in [1.54, 1.807) is 24.3 Å². The van der Waals surface area contributed by atoms with Crippen molar-refractivity contribution in [1.29, 1.82) is 0 Å². The lowest BCUT2D eigenvalue weighted by Gasteiger charge is -2.33. The molecule has 0 aliphatic heterocycles. The number of aryl methyl sites for hydroxylation is 1. The van der Waals surface area contributed by atoms with Gasteiger partial charge in [-0.1, -0.05) is 73.5 Å². The second-order valence-electron chi connectivity index (χ2n) is 9.89. The van der Waals surface area contributed by atoms with Gasteiger partial charge in [0.05, 0.1) is 22.7 Å². The van der Waals surface area contributed by atoms with Crippen LogP contribution < -0.4 is 14.4 Å². The lowest BCUT2D eigenvalue weighted by molar-refractivity contribution is -0.140. The van der Waals surface area contributed by atoms with Crippen molar-refractivity contribution < 1.29 is 22.7 Å². The third kappa shape index (κ3) is 8.01. The third-order valence-corrected chi connectivity index (χ3v) is 8.98. The van der Waals surface area contributed by atoms with Crippen LogP contribution in [-0.4, -0.2) is 50.9 Å². The van der Waals surface area contributed by atoms with E-state index < -0.39 is 28.5 Å². The Kier molecular flexibility index (Phi) is 11.2. The molecule has 0 fully saturated rings. The van der Waals surface area contributed by atoms with Crippen LogP contribution in [0.25, 0.3) is 0 Å². The molecule has 0 aliphatic carbocycles. The first kappa shape index (κ1) is 32.0. The van der Waals surface area contributed by atoms with Crippen LogP contribution in [0.5, 0.6) is 5.75 Å². The summed E-state index contributed by atoms with van der Waals surface area (Å²) in [5.74, 6) is -0.442. The molecule has 0 aromatic heterocycles. The van der Waals surface area contributed by atoms with Crippen LogP contribution in [0.1, 0.15) is 44.7 Å². The minimum atomic E-state index is -4.19. The van der Waals surface area contributed by atoms with E-state index in [0.717, 1.165) is 21.9 Å². The molecular weight excluding hydrogens is 562 g/mol. The molecule has 0 spiro atoms. The second-order valence-corrected chi connectivity index (χ2v) is 12.2. The fourth-order valence-electron chi connectivity index (χ4n) is 4.31. The number of anilines is 1. The number of carbonyl (C=O) groups is 2. The fraction of sp³-hybridized carbons (Fsp3) is 0.355. The van der Waals surface area contributed by atoms with Crippen molar-refractivity contribution >= 4 is 39.1 Å². The average molecular weight is 600 g/mol.